The minimum absolute atomic E-state index is 0.0501. The maximum Gasteiger partial charge on any atom is 0.323 e. The molecule has 0 bridgehead atoms. The highest BCUT2D eigenvalue weighted by molar-refractivity contribution is 6.28. The van der Waals surface area contributed by atoms with Crippen LogP contribution < -0.4 is 5.32 Å². The number of hydrogen-bond donors (Lipinski definition) is 3. The van der Waals surface area contributed by atoms with Crippen LogP contribution in [-0.2, 0) is 11.3 Å². The van der Waals surface area contributed by atoms with Crippen LogP contribution in [0.1, 0.15) is 6.42 Å². The Bertz CT molecular complexity index is 743. The lowest BCUT2D eigenvalue weighted by atomic mass is 10.1. The Balaban J connectivity index is 1.91. The first-order chi connectivity index (χ1) is 10.6. The zero-order chi connectivity index (χ0) is 15.7. The van der Waals surface area contributed by atoms with Crippen molar-refractivity contribution >= 4 is 34.4 Å². The van der Waals surface area contributed by atoms with E-state index in [1.165, 1.54) is 4.57 Å². The van der Waals surface area contributed by atoms with Crippen molar-refractivity contribution in [2.24, 2.45) is 5.92 Å². The first-order valence-electron chi connectivity index (χ1n) is 6.86. The summed E-state index contributed by atoms with van der Waals surface area (Å²) in [5.74, 6) is -0.249. The number of rotatable bonds is 5. The van der Waals surface area contributed by atoms with Crippen LogP contribution in [0.4, 0.5) is 5.82 Å². The van der Waals surface area contributed by atoms with Crippen molar-refractivity contribution < 1.29 is 15.0 Å². The second-order valence-corrected chi connectivity index (χ2v) is 5.57. The molecule has 7 nitrogen and oxygen atoms in total. The molecule has 2 atom stereocenters. The number of aliphatic carboxylic acids is 1. The fourth-order valence-electron chi connectivity index (χ4n) is 2.61. The third-order valence-corrected chi connectivity index (χ3v) is 3.79. The lowest BCUT2D eigenvalue weighted by molar-refractivity contribution is -0.137. The van der Waals surface area contributed by atoms with Gasteiger partial charge in [-0.1, -0.05) is 12.2 Å². The number of nitrogens with zero attached hydrogens (tertiary/aromatic N) is 3. The van der Waals surface area contributed by atoms with E-state index in [0.29, 0.717) is 16.9 Å². The molecule has 0 amide bonds. The molecule has 2 aromatic heterocycles. The standard InChI is InChI=1S/C14H15ClN4O3/c15-14-17-12(16-9-2-1-8(5-9)7-20)10-3-4-19(6-11(21)22)13(10)18-14/h1-4,8-9,20H,5-7H2,(H,21,22)(H,16,17,18)/t8-,9+/m0/s1. The van der Waals surface area contributed by atoms with Gasteiger partial charge in [0.2, 0.25) is 5.28 Å². The molecule has 3 N–H and O–H groups in total. The van der Waals surface area contributed by atoms with Crippen LogP contribution in [0.5, 0.6) is 0 Å². The molecule has 0 aliphatic heterocycles. The van der Waals surface area contributed by atoms with Crippen LogP contribution >= 0.6 is 11.6 Å². The van der Waals surface area contributed by atoms with Gasteiger partial charge >= 0.3 is 5.97 Å². The van der Waals surface area contributed by atoms with Crippen molar-refractivity contribution in [2.75, 3.05) is 11.9 Å². The van der Waals surface area contributed by atoms with Crippen LogP contribution in [0.25, 0.3) is 11.0 Å². The molecule has 0 radical (unpaired) electrons. The Hall–Kier alpha value is -2.12. The molecule has 0 saturated carbocycles. The lowest BCUT2D eigenvalue weighted by Gasteiger charge is -2.14. The van der Waals surface area contributed by atoms with E-state index < -0.39 is 5.97 Å². The van der Waals surface area contributed by atoms with E-state index in [2.05, 4.69) is 15.3 Å². The van der Waals surface area contributed by atoms with Crippen molar-refractivity contribution in [2.45, 2.75) is 19.0 Å². The zero-order valence-corrected chi connectivity index (χ0v) is 12.4. The third-order valence-electron chi connectivity index (χ3n) is 3.63. The summed E-state index contributed by atoms with van der Waals surface area (Å²) in [6.45, 7) is -0.0736. The highest BCUT2D eigenvalue weighted by Crippen LogP contribution is 2.27. The Labute approximate surface area is 131 Å². The van der Waals surface area contributed by atoms with Crippen LogP contribution in [0.2, 0.25) is 5.28 Å². The normalized spacial score (nSPS) is 20.6. The molecule has 3 rings (SSSR count). The molecule has 116 valence electrons. The molecule has 0 aromatic carbocycles. The van der Waals surface area contributed by atoms with E-state index in [1.807, 2.05) is 12.2 Å². The first-order valence-corrected chi connectivity index (χ1v) is 7.24. The Morgan fingerprint density at radius 3 is 2.95 bits per heavy atom. The summed E-state index contributed by atoms with van der Waals surface area (Å²) in [7, 11) is 0. The first kappa shape index (κ1) is 14.8. The quantitative estimate of drug-likeness (QED) is 0.570. The number of nitrogens with one attached hydrogen (secondary N) is 1. The molecule has 1 aliphatic rings. The van der Waals surface area contributed by atoms with Gasteiger partial charge in [-0.05, 0) is 24.1 Å². The fraction of sp³-hybridized carbons (Fsp3) is 0.357. The average Bonchev–Trinajstić information content (AvgIpc) is 3.06. The minimum atomic E-state index is -0.953. The Morgan fingerprint density at radius 2 is 2.27 bits per heavy atom. The molecule has 0 spiro atoms. The molecule has 22 heavy (non-hydrogen) atoms. The highest BCUT2D eigenvalue weighted by atomic mass is 35.5. The van der Waals surface area contributed by atoms with Gasteiger partial charge in [0, 0.05) is 24.8 Å². The summed E-state index contributed by atoms with van der Waals surface area (Å²) in [5, 5.41) is 22.1. The zero-order valence-electron chi connectivity index (χ0n) is 11.6. The van der Waals surface area contributed by atoms with Gasteiger partial charge in [-0.2, -0.15) is 4.98 Å². The Morgan fingerprint density at radius 1 is 1.45 bits per heavy atom. The van der Waals surface area contributed by atoms with Crippen molar-refractivity contribution in [1.82, 2.24) is 14.5 Å². The molecule has 0 unspecified atom stereocenters. The average molecular weight is 323 g/mol. The summed E-state index contributed by atoms with van der Waals surface area (Å²) in [4.78, 5) is 19.2. The summed E-state index contributed by atoms with van der Waals surface area (Å²) in [5.41, 5.74) is 0.477. The van der Waals surface area contributed by atoms with E-state index in [-0.39, 0.29) is 30.4 Å². The summed E-state index contributed by atoms with van der Waals surface area (Å²) >= 11 is 5.95. The van der Waals surface area contributed by atoms with Gasteiger partial charge in [-0.25, -0.2) is 4.98 Å². The molecule has 1 aliphatic carbocycles. The van der Waals surface area contributed by atoms with E-state index >= 15 is 0 Å². The van der Waals surface area contributed by atoms with E-state index in [4.69, 9.17) is 21.8 Å². The molecular weight excluding hydrogens is 308 g/mol. The van der Waals surface area contributed by atoms with Crippen molar-refractivity contribution in [3.8, 4) is 0 Å². The van der Waals surface area contributed by atoms with Gasteiger partial charge in [0.1, 0.15) is 18.0 Å². The van der Waals surface area contributed by atoms with Gasteiger partial charge in [0.05, 0.1) is 5.39 Å². The van der Waals surface area contributed by atoms with Gasteiger partial charge in [-0.3, -0.25) is 4.79 Å². The van der Waals surface area contributed by atoms with E-state index in [0.717, 1.165) is 6.42 Å². The fourth-order valence-corrected chi connectivity index (χ4v) is 2.78. The number of aliphatic hydroxyl groups excluding tert-OH is 1. The number of anilines is 1. The largest absolute Gasteiger partial charge is 0.480 e. The van der Waals surface area contributed by atoms with Crippen molar-refractivity contribution in [3.05, 3.63) is 29.7 Å². The van der Waals surface area contributed by atoms with Crippen LogP contribution in [0.3, 0.4) is 0 Å². The highest BCUT2D eigenvalue weighted by Gasteiger charge is 2.20. The lowest BCUT2D eigenvalue weighted by Crippen LogP contribution is -2.18. The van der Waals surface area contributed by atoms with Crippen LogP contribution in [0.15, 0.2) is 24.4 Å². The molecular formula is C14H15ClN4O3. The maximum absolute atomic E-state index is 10.9. The second-order valence-electron chi connectivity index (χ2n) is 5.23. The van der Waals surface area contributed by atoms with Crippen LogP contribution in [-0.4, -0.2) is 43.4 Å². The topological polar surface area (TPSA) is 100 Å². The Kier molecular flexibility index (Phi) is 4.00. The second kappa shape index (κ2) is 5.94. The molecule has 0 saturated heterocycles. The number of aromatic nitrogens is 3. The number of aliphatic hydroxyl groups is 1. The number of halogens is 1. The predicted octanol–water partition coefficient (Wildman–Crippen LogP) is 1.52. The van der Waals surface area contributed by atoms with Crippen molar-refractivity contribution in [3.63, 3.8) is 0 Å². The van der Waals surface area contributed by atoms with Gasteiger partial charge in [0.15, 0.2) is 0 Å². The van der Waals surface area contributed by atoms with Crippen molar-refractivity contribution in [1.29, 1.82) is 0 Å². The maximum atomic E-state index is 10.9. The van der Waals surface area contributed by atoms with E-state index in [9.17, 15) is 4.79 Å². The summed E-state index contributed by atoms with van der Waals surface area (Å²) in [6, 6.07) is 1.81. The number of hydrogen-bond acceptors (Lipinski definition) is 5. The summed E-state index contributed by atoms with van der Waals surface area (Å²) in [6.07, 6.45) is 6.37. The monoisotopic (exact) mass is 322 g/mol. The van der Waals surface area contributed by atoms with E-state index in [1.54, 1.807) is 12.3 Å². The predicted molar refractivity (Wildman–Crippen MR) is 81.9 cm³/mol. The third kappa shape index (κ3) is 2.90. The van der Waals surface area contributed by atoms with Gasteiger partial charge < -0.3 is 20.1 Å². The molecule has 0 fully saturated rings. The smallest absolute Gasteiger partial charge is 0.323 e. The number of carboxylic acid groups (broad SMARTS) is 1. The molecule has 8 heteroatoms. The minimum Gasteiger partial charge on any atom is -0.480 e. The van der Waals surface area contributed by atoms with Crippen LogP contribution in [0, 0.1) is 5.92 Å². The molecule has 2 heterocycles. The SMILES string of the molecule is O=C(O)Cn1ccc2c(N[C@@H]3C=C[C@H](CO)C3)nc(Cl)nc21. The number of carboxylic acids is 1. The number of fused-ring (bicyclic) bond motifs is 1. The number of carbonyl (C=O) groups is 1. The molecule has 2 aromatic rings. The summed E-state index contributed by atoms with van der Waals surface area (Å²) < 4.78 is 1.51. The van der Waals surface area contributed by atoms with Gasteiger partial charge in [0.25, 0.3) is 0 Å². The van der Waals surface area contributed by atoms with Gasteiger partial charge in [-0.15, -0.1) is 0 Å².